The molecule has 0 aliphatic carbocycles. The highest BCUT2D eigenvalue weighted by Crippen LogP contribution is 2.23. The van der Waals surface area contributed by atoms with Gasteiger partial charge >= 0.3 is 5.69 Å². The molecule has 1 unspecified atom stereocenters. The van der Waals surface area contributed by atoms with Crippen molar-refractivity contribution in [3.8, 4) is 0 Å². The van der Waals surface area contributed by atoms with Crippen LogP contribution in [0.25, 0.3) is 0 Å². The van der Waals surface area contributed by atoms with Crippen molar-refractivity contribution in [3.05, 3.63) is 21.5 Å². The maximum atomic E-state index is 12.4. The van der Waals surface area contributed by atoms with Gasteiger partial charge in [-0.3, -0.25) is 19.6 Å². The molecule has 1 atom stereocenters. The van der Waals surface area contributed by atoms with Gasteiger partial charge in [0.05, 0.1) is 10.5 Å². The van der Waals surface area contributed by atoms with Crippen molar-refractivity contribution in [2.45, 2.75) is 33.2 Å². The molecule has 20 heavy (non-hydrogen) atoms. The molecule has 8 nitrogen and oxygen atoms in total. The van der Waals surface area contributed by atoms with Crippen molar-refractivity contribution < 1.29 is 9.72 Å². The van der Waals surface area contributed by atoms with Gasteiger partial charge in [-0.25, -0.2) is 0 Å². The molecular formula is C12H21N5O3. The minimum absolute atomic E-state index is 0.0622. The predicted molar refractivity (Wildman–Crippen MR) is 74.4 cm³/mol. The van der Waals surface area contributed by atoms with Crippen LogP contribution in [-0.2, 0) is 7.05 Å². The lowest BCUT2D eigenvalue weighted by Crippen LogP contribution is -2.55. The second-order valence-electron chi connectivity index (χ2n) is 5.39. The Labute approximate surface area is 117 Å². The molecule has 0 aliphatic heterocycles. The number of nitrogens with one attached hydrogen (secondary N) is 1. The Bertz CT molecular complexity index is 537. The van der Waals surface area contributed by atoms with Crippen LogP contribution in [0.3, 0.4) is 0 Å². The smallest absolute Gasteiger partial charge is 0.322 e. The highest BCUT2D eigenvalue weighted by molar-refractivity contribution is 5.97. The quantitative estimate of drug-likeness (QED) is 0.610. The molecular weight excluding hydrogens is 262 g/mol. The molecule has 0 bridgehead atoms. The Balaban J connectivity index is 3.20. The number of hydrogen-bond donors (Lipinski definition) is 2. The maximum Gasteiger partial charge on any atom is 0.322 e. The number of rotatable bonds is 5. The summed E-state index contributed by atoms with van der Waals surface area (Å²) in [4.78, 5) is 22.8. The minimum Gasteiger partial charge on any atom is -0.344 e. The summed E-state index contributed by atoms with van der Waals surface area (Å²) in [7, 11) is 1.50. The summed E-state index contributed by atoms with van der Waals surface area (Å²) in [5.74, 6) is -0.453. The van der Waals surface area contributed by atoms with Crippen LogP contribution in [0, 0.1) is 23.0 Å². The third kappa shape index (κ3) is 2.79. The third-order valence-electron chi connectivity index (χ3n) is 3.69. The van der Waals surface area contributed by atoms with Crippen LogP contribution in [0.5, 0.6) is 0 Å². The van der Waals surface area contributed by atoms with Crippen molar-refractivity contribution in [2.75, 3.05) is 6.54 Å². The van der Waals surface area contributed by atoms with E-state index >= 15 is 0 Å². The Morgan fingerprint density at radius 3 is 2.55 bits per heavy atom. The zero-order chi connectivity index (χ0) is 15.7. The van der Waals surface area contributed by atoms with Crippen molar-refractivity contribution in [2.24, 2.45) is 18.7 Å². The molecule has 0 radical (unpaired) electrons. The monoisotopic (exact) mass is 283 g/mol. The van der Waals surface area contributed by atoms with Gasteiger partial charge in [0.25, 0.3) is 5.91 Å². The fourth-order valence-electron chi connectivity index (χ4n) is 1.87. The molecule has 8 heteroatoms. The van der Waals surface area contributed by atoms with E-state index in [0.29, 0.717) is 0 Å². The Kier molecular flexibility index (Phi) is 4.49. The molecule has 0 saturated heterocycles. The molecule has 112 valence electrons. The lowest BCUT2D eigenvalue weighted by atomic mass is 9.88. The van der Waals surface area contributed by atoms with E-state index in [4.69, 9.17) is 5.73 Å². The number of nitrogens with zero attached hydrogens (tertiary/aromatic N) is 3. The predicted octanol–water partition coefficient (Wildman–Crippen LogP) is 0.740. The van der Waals surface area contributed by atoms with Gasteiger partial charge in [0.1, 0.15) is 5.69 Å². The summed E-state index contributed by atoms with van der Waals surface area (Å²) >= 11 is 0. The number of nitro groups is 1. The van der Waals surface area contributed by atoms with Crippen molar-refractivity contribution >= 4 is 11.6 Å². The highest BCUT2D eigenvalue weighted by atomic mass is 16.6. The summed E-state index contributed by atoms with van der Waals surface area (Å²) < 4.78 is 1.22. The largest absolute Gasteiger partial charge is 0.344 e. The lowest BCUT2D eigenvalue weighted by Gasteiger charge is -2.33. The van der Waals surface area contributed by atoms with Crippen LogP contribution in [-0.4, -0.2) is 32.7 Å². The van der Waals surface area contributed by atoms with Crippen LogP contribution in [0.4, 0.5) is 5.69 Å². The lowest BCUT2D eigenvalue weighted by molar-refractivity contribution is -0.385. The SMILES string of the molecule is Cc1nn(C)c(C(=O)NC(C)(CN)C(C)C)c1[N+](=O)[O-]. The van der Waals surface area contributed by atoms with E-state index in [1.54, 1.807) is 0 Å². The molecule has 1 amide bonds. The van der Waals surface area contributed by atoms with Crippen LogP contribution >= 0.6 is 0 Å². The summed E-state index contributed by atoms with van der Waals surface area (Å²) in [6.07, 6.45) is 0. The second-order valence-corrected chi connectivity index (χ2v) is 5.39. The van der Waals surface area contributed by atoms with Crippen LogP contribution in [0.2, 0.25) is 0 Å². The van der Waals surface area contributed by atoms with E-state index in [0.717, 1.165) is 0 Å². The summed E-state index contributed by atoms with van der Waals surface area (Å²) in [5, 5.41) is 17.8. The summed E-state index contributed by atoms with van der Waals surface area (Å²) in [6.45, 7) is 7.40. The van der Waals surface area contributed by atoms with E-state index in [1.165, 1.54) is 18.7 Å². The number of hydrogen-bond acceptors (Lipinski definition) is 5. The average Bonchev–Trinajstić information content (AvgIpc) is 2.63. The highest BCUT2D eigenvalue weighted by Gasteiger charge is 2.34. The van der Waals surface area contributed by atoms with Gasteiger partial charge in [-0.15, -0.1) is 0 Å². The van der Waals surface area contributed by atoms with Gasteiger partial charge in [-0.05, 0) is 19.8 Å². The summed E-state index contributed by atoms with van der Waals surface area (Å²) in [6, 6.07) is 0. The van der Waals surface area contributed by atoms with Crippen LogP contribution < -0.4 is 11.1 Å². The first-order valence-corrected chi connectivity index (χ1v) is 6.34. The fourth-order valence-corrected chi connectivity index (χ4v) is 1.87. The first-order valence-electron chi connectivity index (χ1n) is 6.34. The first kappa shape index (κ1) is 16.1. The van der Waals surface area contributed by atoms with E-state index in [-0.39, 0.29) is 29.5 Å². The Morgan fingerprint density at radius 1 is 1.60 bits per heavy atom. The van der Waals surface area contributed by atoms with Gasteiger partial charge in [-0.1, -0.05) is 13.8 Å². The van der Waals surface area contributed by atoms with Crippen molar-refractivity contribution in [1.29, 1.82) is 0 Å². The van der Waals surface area contributed by atoms with E-state index < -0.39 is 16.4 Å². The molecule has 0 spiro atoms. The molecule has 0 aromatic carbocycles. The number of nitrogens with two attached hydrogens (primary N) is 1. The van der Waals surface area contributed by atoms with Crippen LogP contribution in [0.1, 0.15) is 37.0 Å². The molecule has 0 aliphatic rings. The average molecular weight is 283 g/mol. The second kappa shape index (κ2) is 5.58. The zero-order valence-corrected chi connectivity index (χ0v) is 12.4. The summed E-state index contributed by atoms with van der Waals surface area (Å²) in [5.41, 5.74) is 4.95. The van der Waals surface area contributed by atoms with Gasteiger partial charge in [0, 0.05) is 13.6 Å². The standard InChI is InChI=1S/C12H21N5O3/c1-7(2)12(4,6-13)14-11(18)10-9(17(19)20)8(3)15-16(10)5/h7H,6,13H2,1-5H3,(H,14,18). The Morgan fingerprint density at radius 2 is 2.15 bits per heavy atom. The normalized spacial score (nSPS) is 14.2. The Hall–Kier alpha value is -1.96. The molecule has 1 heterocycles. The fraction of sp³-hybridized carbons (Fsp3) is 0.667. The number of carbonyl (C=O) groups excluding carboxylic acids is 1. The van der Waals surface area contributed by atoms with Crippen molar-refractivity contribution in [3.63, 3.8) is 0 Å². The molecule has 1 aromatic rings. The number of carbonyl (C=O) groups is 1. The van der Waals surface area contributed by atoms with Gasteiger partial charge < -0.3 is 11.1 Å². The van der Waals surface area contributed by atoms with Gasteiger partial charge in [-0.2, -0.15) is 5.10 Å². The molecule has 1 rings (SSSR count). The number of aryl methyl sites for hydroxylation is 2. The van der Waals surface area contributed by atoms with Crippen LogP contribution in [0.15, 0.2) is 0 Å². The van der Waals surface area contributed by atoms with Crippen molar-refractivity contribution in [1.82, 2.24) is 15.1 Å². The zero-order valence-electron chi connectivity index (χ0n) is 12.4. The molecule has 1 aromatic heterocycles. The maximum absolute atomic E-state index is 12.4. The molecule has 3 N–H and O–H groups in total. The minimum atomic E-state index is -0.636. The topological polar surface area (TPSA) is 116 Å². The van der Waals surface area contributed by atoms with Gasteiger partial charge in [0.15, 0.2) is 0 Å². The number of aromatic nitrogens is 2. The first-order chi connectivity index (χ1) is 9.14. The number of amides is 1. The molecule has 0 fully saturated rings. The van der Waals surface area contributed by atoms with E-state index in [1.807, 2.05) is 20.8 Å². The third-order valence-corrected chi connectivity index (χ3v) is 3.69. The molecule has 0 saturated carbocycles. The van der Waals surface area contributed by atoms with E-state index in [9.17, 15) is 14.9 Å². The van der Waals surface area contributed by atoms with E-state index in [2.05, 4.69) is 10.4 Å². The van der Waals surface area contributed by atoms with Gasteiger partial charge in [0.2, 0.25) is 5.69 Å².